The summed E-state index contributed by atoms with van der Waals surface area (Å²) in [5.41, 5.74) is 0.645. The van der Waals surface area contributed by atoms with Gasteiger partial charge in [0.2, 0.25) is 0 Å². The Kier molecular flexibility index (Phi) is 4.49. The fourth-order valence-electron chi connectivity index (χ4n) is 1.17. The summed E-state index contributed by atoms with van der Waals surface area (Å²) in [7, 11) is 0. The zero-order valence-corrected chi connectivity index (χ0v) is 9.86. The van der Waals surface area contributed by atoms with E-state index in [1.807, 2.05) is 0 Å². The molecule has 1 aromatic carbocycles. The van der Waals surface area contributed by atoms with Gasteiger partial charge in [-0.3, -0.25) is 4.79 Å². The van der Waals surface area contributed by atoms with Crippen molar-refractivity contribution in [2.75, 3.05) is 6.61 Å². The van der Waals surface area contributed by atoms with E-state index in [1.54, 1.807) is 31.2 Å². The van der Waals surface area contributed by atoms with E-state index in [9.17, 15) is 9.59 Å². The highest BCUT2D eigenvalue weighted by molar-refractivity contribution is 9.10. The van der Waals surface area contributed by atoms with E-state index in [0.29, 0.717) is 11.8 Å². The van der Waals surface area contributed by atoms with E-state index in [0.717, 1.165) is 4.47 Å². The third kappa shape index (κ3) is 3.16. The van der Waals surface area contributed by atoms with Gasteiger partial charge in [-0.2, -0.15) is 0 Å². The van der Waals surface area contributed by atoms with Gasteiger partial charge in [-0.1, -0.05) is 28.1 Å². The lowest BCUT2D eigenvalue weighted by molar-refractivity contribution is -0.146. The van der Waals surface area contributed by atoms with Crippen LogP contribution >= 0.6 is 15.9 Å². The van der Waals surface area contributed by atoms with Crippen molar-refractivity contribution in [3.05, 3.63) is 34.3 Å². The summed E-state index contributed by atoms with van der Waals surface area (Å²) in [5, 5.41) is 0. The minimum Gasteiger partial charge on any atom is -0.465 e. The molecule has 0 bridgehead atoms. The number of hydrogen-bond acceptors (Lipinski definition) is 3. The third-order valence-corrected chi connectivity index (χ3v) is 2.43. The van der Waals surface area contributed by atoms with Crippen LogP contribution in [0.4, 0.5) is 0 Å². The smallest absolute Gasteiger partial charge is 0.320 e. The molecule has 1 aromatic rings. The summed E-state index contributed by atoms with van der Waals surface area (Å²) in [5.74, 6) is -1.33. The van der Waals surface area contributed by atoms with Crippen molar-refractivity contribution in [1.82, 2.24) is 0 Å². The molecule has 0 saturated heterocycles. The topological polar surface area (TPSA) is 43.4 Å². The maximum atomic E-state index is 11.4. The predicted molar refractivity (Wildman–Crippen MR) is 59.6 cm³/mol. The van der Waals surface area contributed by atoms with Crippen molar-refractivity contribution in [3.8, 4) is 0 Å². The van der Waals surface area contributed by atoms with Crippen molar-refractivity contribution in [2.24, 2.45) is 0 Å². The average Bonchev–Trinajstić information content (AvgIpc) is 2.22. The van der Waals surface area contributed by atoms with Crippen LogP contribution in [0, 0.1) is 0 Å². The zero-order chi connectivity index (χ0) is 11.3. The lowest BCUT2D eigenvalue weighted by atomic mass is 10.0. The molecule has 4 heteroatoms. The van der Waals surface area contributed by atoms with Crippen molar-refractivity contribution in [2.45, 2.75) is 12.8 Å². The van der Waals surface area contributed by atoms with Crippen LogP contribution in [0.15, 0.2) is 28.7 Å². The number of ether oxygens (including phenoxy) is 1. The number of carbonyl (C=O) groups is 2. The van der Waals surface area contributed by atoms with Crippen molar-refractivity contribution < 1.29 is 14.3 Å². The first-order valence-corrected chi connectivity index (χ1v) is 5.35. The third-order valence-electron chi connectivity index (χ3n) is 1.91. The van der Waals surface area contributed by atoms with Crippen LogP contribution in [-0.4, -0.2) is 18.9 Å². The fourth-order valence-corrected chi connectivity index (χ4v) is 1.44. The van der Waals surface area contributed by atoms with Gasteiger partial charge in [-0.25, -0.2) is 0 Å². The molecule has 3 nitrogen and oxygen atoms in total. The number of halogens is 1. The molecule has 0 heterocycles. The monoisotopic (exact) mass is 270 g/mol. The number of hydrogen-bond donors (Lipinski definition) is 0. The first-order valence-electron chi connectivity index (χ1n) is 4.56. The van der Waals surface area contributed by atoms with Crippen LogP contribution in [0.25, 0.3) is 0 Å². The normalized spacial score (nSPS) is 11.9. The molecule has 0 radical (unpaired) electrons. The minimum absolute atomic E-state index is 0.277. The van der Waals surface area contributed by atoms with Crippen LogP contribution in [0.1, 0.15) is 18.4 Å². The summed E-state index contributed by atoms with van der Waals surface area (Å²) < 4.78 is 5.70. The van der Waals surface area contributed by atoms with Gasteiger partial charge in [0.25, 0.3) is 0 Å². The number of rotatable bonds is 4. The van der Waals surface area contributed by atoms with E-state index in [1.165, 1.54) is 0 Å². The minimum atomic E-state index is -0.821. The molecule has 0 saturated carbocycles. The summed E-state index contributed by atoms with van der Waals surface area (Å²) in [6, 6.07) is 7.01. The second-order valence-electron chi connectivity index (χ2n) is 2.92. The van der Waals surface area contributed by atoms with Crippen molar-refractivity contribution >= 4 is 28.2 Å². The molecule has 1 rings (SSSR count). The van der Waals surface area contributed by atoms with Gasteiger partial charge in [0.15, 0.2) is 0 Å². The summed E-state index contributed by atoms with van der Waals surface area (Å²) >= 11 is 3.28. The quantitative estimate of drug-likeness (QED) is 0.479. The second kappa shape index (κ2) is 5.66. The largest absolute Gasteiger partial charge is 0.465 e. The molecule has 80 valence electrons. The lowest BCUT2D eigenvalue weighted by Gasteiger charge is -2.09. The molecule has 0 aliphatic heterocycles. The highest BCUT2D eigenvalue weighted by atomic mass is 79.9. The summed E-state index contributed by atoms with van der Waals surface area (Å²) in [4.78, 5) is 22.2. The molecular formula is C11H11BrO3. The van der Waals surface area contributed by atoms with Crippen molar-refractivity contribution in [1.29, 1.82) is 0 Å². The van der Waals surface area contributed by atoms with Gasteiger partial charge in [0.1, 0.15) is 12.2 Å². The fraction of sp³-hybridized carbons (Fsp3) is 0.273. The van der Waals surface area contributed by atoms with Crippen LogP contribution in [-0.2, 0) is 14.3 Å². The Morgan fingerprint density at radius 3 is 2.53 bits per heavy atom. The lowest BCUT2D eigenvalue weighted by Crippen LogP contribution is -2.17. The first kappa shape index (κ1) is 11.9. The van der Waals surface area contributed by atoms with Gasteiger partial charge in [-0.15, -0.1) is 0 Å². The van der Waals surface area contributed by atoms with E-state index in [-0.39, 0.29) is 6.61 Å². The van der Waals surface area contributed by atoms with E-state index in [2.05, 4.69) is 15.9 Å². The zero-order valence-electron chi connectivity index (χ0n) is 8.27. The van der Waals surface area contributed by atoms with Crippen LogP contribution in [0.5, 0.6) is 0 Å². The molecule has 1 unspecified atom stereocenters. The highest BCUT2D eigenvalue weighted by Gasteiger charge is 2.20. The van der Waals surface area contributed by atoms with Crippen LogP contribution in [0.3, 0.4) is 0 Å². The SMILES string of the molecule is CCOC(=O)C(C=O)c1ccc(Br)cc1. The standard InChI is InChI=1S/C11H11BrO3/c1-2-15-11(14)10(7-13)8-3-5-9(12)6-4-8/h3-7,10H,2H2,1H3. The molecule has 0 amide bonds. The maximum Gasteiger partial charge on any atom is 0.320 e. The molecule has 0 fully saturated rings. The molecule has 0 aliphatic rings. The average molecular weight is 271 g/mol. The molecule has 0 aromatic heterocycles. The number of aldehydes is 1. The molecule has 0 N–H and O–H groups in total. The number of esters is 1. The second-order valence-corrected chi connectivity index (χ2v) is 3.83. The Morgan fingerprint density at radius 1 is 1.47 bits per heavy atom. The highest BCUT2D eigenvalue weighted by Crippen LogP contribution is 2.18. The molecular weight excluding hydrogens is 260 g/mol. The van der Waals surface area contributed by atoms with Crippen LogP contribution < -0.4 is 0 Å². The first-order chi connectivity index (χ1) is 7.19. The van der Waals surface area contributed by atoms with Gasteiger partial charge in [0, 0.05) is 4.47 Å². The summed E-state index contributed by atoms with van der Waals surface area (Å²) in [6.07, 6.45) is 0.598. The maximum absolute atomic E-state index is 11.4. The number of carbonyl (C=O) groups excluding carboxylic acids is 2. The van der Waals surface area contributed by atoms with E-state index >= 15 is 0 Å². The Balaban J connectivity index is 2.87. The molecule has 1 atom stereocenters. The summed E-state index contributed by atoms with van der Waals surface area (Å²) in [6.45, 7) is 1.99. The Bertz CT molecular complexity index is 345. The Hall–Kier alpha value is -1.16. The van der Waals surface area contributed by atoms with Gasteiger partial charge in [0.05, 0.1) is 6.61 Å². The number of benzene rings is 1. The van der Waals surface area contributed by atoms with Gasteiger partial charge in [-0.05, 0) is 24.6 Å². The predicted octanol–water partition coefficient (Wildman–Crippen LogP) is 2.29. The van der Waals surface area contributed by atoms with Crippen LogP contribution in [0.2, 0.25) is 0 Å². The molecule has 0 aliphatic carbocycles. The molecule has 15 heavy (non-hydrogen) atoms. The Morgan fingerprint density at radius 2 is 2.07 bits per heavy atom. The van der Waals surface area contributed by atoms with Crippen molar-refractivity contribution in [3.63, 3.8) is 0 Å². The Labute approximate surface area is 96.6 Å². The van der Waals surface area contributed by atoms with E-state index < -0.39 is 11.9 Å². The van der Waals surface area contributed by atoms with Gasteiger partial charge >= 0.3 is 5.97 Å². The van der Waals surface area contributed by atoms with Gasteiger partial charge < -0.3 is 9.53 Å². The van der Waals surface area contributed by atoms with E-state index in [4.69, 9.17) is 4.74 Å². The molecule has 0 spiro atoms.